The zero-order valence-electron chi connectivity index (χ0n) is 15.4. The minimum atomic E-state index is -0.0364. The van der Waals surface area contributed by atoms with Crippen LogP contribution in [0.4, 0.5) is 0 Å². The van der Waals surface area contributed by atoms with E-state index in [1.807, 2.05) is 35.1 Å². The molecule has 1 aromatic heterocycles. The van der Waals surface area contributed by atoms with Crippen LogP contribution in [-0.2, 0) is 22.6 Å². The van der Waals surface area contributed by atoms with Gasteiger partial charge < -0.3 is 14.4 Å². The number of hydrogen-bond acceptors (Lipinski definition) is 3. The molecule has 2 aliphatic heterocycles. The van der Waals surface area contributed by atoms with Crippen molar-refractivity contribution in [3.8, 4) is 0 Å². The van der Waals surface area contributed by atoms with Gasteiger partial charge >= 0.3 is 0 Å². The molecule has 0 fully saturated rings. The summed E-state index contributed by atoms with van der Waals surface area (Å²) in [6.07, 6.45) is 7.84. The molecule has 3 heterocycles. The highest BCUT2D eigenvalue weighted by Gasteiger charge is 2.30. The molecule has 0 saturated carbocycles. The molecular formula is C19H28N4O2. The van der Waals surface area contributed by atoms with Crippen LogP contribution in [0.15, 0.2) is 18.3 Å². The molecule has 2 aliphatic rings. The normalized spacial score (nSPS) is 19.6. The number of rotatable bonds is 5. The second kappa shape index (κ2) is 7.42. The first kappa shape index (κ1) is 17.7. The van der Waals surface area contributed by atoms with Crippen molar-refractivity contribution < 1.29 is 9.59 Å². The Bertz CT molecular complexity index is 669. The van der Waals surface area contributed by atoms with Crippen LogP contribution in [0, 0.1) is 5.92 Å². The van der Waals surface area contributed by atoms with E-state index < -0.39 is 0 Å². The summed E-state index contributed by atoms with van der Waals surface area (Å²) in [5.41, 5.74) is 0.801. The van der Waals surface area contributed by atoms with Gasteiger partial charge in [-0.05, 0) is 19.3 Å². The van der Waals surface area contributed by atoms with E-state index in [9.17, 15) is 9.59 Å². The average Bonchev–Trinajstić information content (AvgIpc) is 3.22. The number of amides is 2. The Hall–Kier alpha value is -2.11. The van der Waals surface area contributed by atoms with Crippen LogP contribution >= 0.6 is 0 Å². The third kappa shape index (κ3) is 3.94. The fourth-order valence-corrected chi connectivity index (χ4v) is 3.48. The lowest BCUT2D eigenvalue weighted by molar-refractivity contribution is -0.135. The molecule has 3 rings (SSSR count). The molecule has 0 spiro atoms. The maximum atomic E-state index is 12.5. The van der Waals surface area contributed by atoms with Crippen LogP contribution in [0.5, 0.6) is 0 Å². The molecular weight excluding hydrogens is 316 g/mol. The highest BCUT2D eigenvalue weighted by Crippen LogP contribution is 2.26. The number of imidazole rings is 1. The lowest BCUT2D eigenvalue weighted by Crippen LogP contribution is -2.41. The Morgan fingerprint density at radius 3 is 2.60 bits per heavy atom. The van der Waals surface area contributed by atoms with Crippen molar-refractivity contribution in [3.05, 3.63) is 29.9 Å². The van der Waals surface area contributed by atoms with Gasteiger partial charge in [0.15, 0.2) is 0 Å². The van der Waals surface area contributed by atoms with Crippen molar-refractivity contribution in [2.45, 2.75) is 52.6 Å². The highest BCUT2D eigenvalue weighted by molar-refractivity contribution is 5.79. The van der Waals surface area contributed by atoms with Crippen LogP contribution < -0.4 is 0 Å². The number of carbonyl (C=O) groups excluding carboxylic acids is 2. The van der Waals surface area contributed by atoms with Crippen LogP contribution in [0.2, 0.25) is 0 Å². The Labute approximate surface area is 149 Å². The summed E-state index contributed by atoms with van der Waals surface area (Å²) in [6.45, 7) is 9.16. The number of nitrogens with zero attached hydrogens (tertiary/aromatic N) is 4. The summed E-state index contributed by atoms with van der Waals surface area (Å²) in [5.74, 6) is 1.74. The van der Waals surface area contributed by atoms with E-state index in [2.05, 4.69) is 23.4 Å². The largest absolute Gasteiger partial charge is 0.335 e. The van der Waals surface area contributed by atoms with Crippen LogP contribution in [0.3, 0.4) is 0 Å². The summed E-state index contributed by atoms with van der Waals surface area (Å²) in [5, 5.41) is 0. The van der Waals surface area contributed by atoms with Gasteiger partial charge in [0.05, 0.1) is 18.2 Å². The highest BCUT2D eigenvalue weighted by atomic mass is 16.2. The Balaban J connectivity index is 1.65. The summed E-state index contributed by atoms with van der Waals surface area (Å²) in [4.78, 5) is 33.2. The van der Waals surface area contributed by atoms with Gasteiger partial charge in [0.2, 0.25) is 11.8 Å². The topological polar surface area (TPSA) is 58.4 Å². The lowest BCUT2D eigenvalue weighted by atomic mass is 10.1. The number of aromatic nitrogens is 2. The molecule has 6 heteroatoms. The van der Waals surface area contributed by atoms with Crippen LogP contribution in [-0.4, -0.2) is 50.8 Å². The van der Waals surface area contributed by atoms with Gasteiger partial charge in [-0.15, -0.1) is 0 Å². The van der Waals surface area contributed by atoms with E-state index in [0.29, 0.717) is 38.4 Å². The van der Waals surface area contributed by atoms with Crippen molar-refractivity contribution in [1.82, 2.24) is 19.4 Å². The molecule has 136 valence electrons. The Morgan fingerprint density at radius 2 is 1.92 bits per heavy atom. The van der Waals surface area contributed by atoms with Gasteiger partial charge in [0.25, 0.3) is 0 Å². The van der Waals surface area contributed by atoms with E-state index >= 15 is 0 Å². The van der Waals surface area contributed by atoms with Gasteiger partial charge in [-0.3, -0.25) is 9.59 Å². The predicted octanol–water partition coefficient (Wildman–Crippen LogP) is 2.16. The first-order valence-corrected chi connectivity index (χ1v) is 9.24. The van der Waals surface area contributed by atoms with Gasteiger partial charge in [0.1, 0.15) is 5.82 Å². The number of fused-ring (bicyclic) bond motifs is 1. The molecule has 2 amide bonds. The maximum absolute atomic E-state index is 12.5. The zero-order chi connectivity index (χ0) is 18.0. The molecule has 0 saturated heterocycles. The second-order valence-electron chi connectivity index (χ2n) is 7.43. The van der Waals surface area contributed by atoms with Gasteiger partial charge in [-0.1, -0.05) is 26.0 Å². The molecule has 0 bridgehead atoms. The van der Waals surface area contributed by atoms with E-state index in [0.717, 1.165) is 24.5 Å². The van der Waals surface area contributed by atoms with Crippen LogP contribution in [0.25, 0.3) is 0 Å². The molecule has 25 heavy (non-hydrogen) atoms. The summed E-state index contributed by atoms with van der Waals surface area (Å²) in [6, 6.07) is -0.0364. The molecule has 1 atom stereocenters. The Morgan fingerprint density at radius 1 is 1.20 bits per heavy atom. The van der Waals surface area contributed by atoms with Crippen molar-refractivity contribution in [3.63, 3.8) is 0 Å². The molecule has 6 nitrogen and oxygen atoms in total. The first-order valence-electron chi connectivity index (χ1n) is 9.24. The first-order chi connectivity index (χ1) is 12.0. The molecule has 0 radical (unpaired) electrons. The van der Waals surface area contributed by atoms with Crippen molar-refractivity contribution in [2.75, 3.05) is 19.6 Å². The maximum Gasteiger partial charge on any atom is 0.229 e. The third-order valence-electron chi connectivity index (χ3n) is 5.04. The van der Waals surface area contributed by atoms with E-state index in [4.69, 9.17) is 0 Å². The van der Waals surface area contributed by atoms with E-state index in [1.165, 1.54) is 0 Å². The SMILES string of the molecule is CC(C)CCC(=O)N1CCn2cc(CC(=O)N3CC=CC3)nc2[C@H]1C. The monoisotopic (exact) mass is 344 g/mol. The standard InChI is InChI=1S/C19H28N4O2/c1-14(2)6-7-17(24)23-11-10-22-13-16(20-19(22)15(23)3)12-18(25)21-8-4-5-9-21/h4-5,13-15H,6-12H2,1-3H3/t15-/m1/s1. The van der Waals surface area contributed by atoms with Crippen molar-refractivity contribution in [1.29, 1.82) is 0 Å². The molecule has 0 aromatic carbocycles. The summed E-state index contributed by atoms with van der Waals surface area (Å²) in [7, 11) is 0. The summed E-state index contributed by atoms with van der Waals surface area (Å²) >= 11 is 0. The van der Waals surface area contributed by atoms with E-state index in [1.54, 1.807) is 0 Å². The lowest BCUT2D eigenvalue weighted by Gasteiger charge is -2.34. The molecule has 0 N–H and O–H groups in total. The smallest absolute Gasteiger partial charge is 0.229 e. The molecule has 0 aliphatic carbocycles. The van der Waals surface area contributed by atoms with Gasteiger partial charge in [-0.2, -0.15) is 0 Å². The molecule has 1 aromatic rings. The minimum absolute atomic E-state index is 0.0364. The van der Waals surface area contributed by atoms with Crippen molar-refractivity contribution >= 4 is 11.8 Å². The summed E-state index contributed by atoms with van der Waals surface area (Å²) < 4.78 is 2.10. The fourth-order valence-electron chi connectivity index (χ4n) is 3.48. The second-order valence-corrected chi connectivity index (χ2v) is 7.43. The minimum Gasteiger partial charge on any atom is -0.335 e. The average molecular weight is 344 g/mol. The third-order valence-corrected chi connectivity index (χ3v) is 5.04. The predicted molar refractivity (Wildman–Crippen MR) is 95.9 cm³/mol. The number of carbonyl (C=O) groups is 2. The Kier molecular flexibility index (Phi) is 5.25. The fraction of sp³-hybridized carbons (Fsp3) is 0.632. The molecule has 0 unspecified atom stereocenters. The van der Waals surface area contributed by atoms with Gasteiger partial charge in [-0.25, -0.2) is 4.98 Å². The van der Waals surface area contributed by atoms with E-state index in [-0.39, 0.29) is 17.9 Å². The van der Waals surface area contributed by atoms with Crippen molar-refractivity contribution in [2.24, 2.45) is 5.92 Å². The quantitative estimate of drug-likeness (QED) is 0.769. The zero-order valence-corrected chi connectivity index (χ0v) is 15.4. The van der Waals surface area contributed by atoms with Crippen LogP contribution in [0.1, 0.15) is 51.2 Å². The number of hydrogen-bond donors (Lipinski definition) is 0. The van der Waals surface area contributed by atoms with Gasteiger partial charge in [0, 0.05) is 38.8 Å².